The first-order chi connectivity index (χ1) is 19.9. The van der Waals surface area contributed by atoms with Crippen LogP contribution in [0.15, 0.2) is 60.7 Å². The number of carbonyl (C=O) groups excluding carboxylic acids is 4. The molecule has 1 fully saturated rings. The first-order valence-corrected chi connectivity index (χ1v) is 13.8. The van der Waals surface area contributed by atoms with Crippen molar-refractivity contribution in [2.24, 2.45) is 5.41 Å². The molecule has 4 rings (SSSR count). The molecule has 0 saturated carbocycles. The summed E-state index contributed by atoms with van der Waals surface area (Å²) in [6, 6.07) is 14.0. The van der Waals surface area contributed by atoms with Crippen molar-refractivity contribution in [1.29, 1.82) is 0 Å². The summed E-state index contributed by atoms with van der Waals surface area (Å²) >= 11 is 0. The van der Waals surface area contributed by atoms with E-state index in [4.69, 9.17) is 9.47 Å². The van der Waals surface area contributed by atoms with Crippen LogP contribution in [0.4, 0.5) is 5.69 Å². The second-order valence-corrected chi connectivity index (χ2v) is 10.1. The van der Waals surface area contributed by atoms with Crippen LogP contribution in [0.1, 0.15) is 29.6 Å². The van der Waals surface area contributed by atoms with Gasteiger partial charge < -0.3 is 30.7 Å². The number of ether oxygens (including phenoxy) is 2. The highest BCUT2D eigenvalue weighted by Gasteiger charge is 2.40. The third-order valence-electron chi connectivity index (χ3n) is 7.30. The fourth-order valence-electron chi connectivity index (χ4n) is 4.94. The van der Waals surface area contributed by atoms with E-state index >= 15 is 0 Å². The monoisotopic (exact) mass is 563 g/mol. The number of carbonyl (C=O) groups is 4. The van der Waals surface area contributed by atoms with E-state index in [1.165, 1.54) is 6.08 Å². The van der Waals surface area contributed by atoms with Crippen LogP contribution in [-0.2, 0) is 14.4 Å². The molecule has 2 aromatic carbocycles. The number of rotatable bonds is 4. The number of amides is 4. The molecule has 11 heteroatoms. The Morgan fingerprint density at radius 3 is 2.46 bits per heavy atom. The van der Waals surface area contributed by atoms with Gasteiger partial charge in [-0.2, -0.15) is 0 Å². The summed E-state index contributed by atoms with van der Waals surface area (Å²) in [4.78, 5) is 53.2. The number of nitrogens with zero attached hydrogens (tertiary/aromatic N) is 1. The van der Waals surface area contributed by atoms with Crippen molar-refractivity contribution < 1.29 is 28.7 Å². The molecule has 0 radical (unpaired) electrons. The van der Waals surface area contributed by atoms with E-state index in [1.54, 1.807) is 61.7 Å². The number of methoxy groups -OCH3 is 1. The van der Waals surface area contributed by atoms with Gasteiger partial charge in [-0.15, -0.1) is 0 Å². The number of nitrogens with one attached hydrogen (secondary N) is 4. The van der Waals surface area contributed by atoms with Crippen LogP contribution in [-0.4, -0.2) is 81.5 Å². The molecule has 4 amide bonds. The lowest BCUT2D eigenvalue weighted by Gasteiger charge is -2.40. The van der Waals surface area contributed by atoms with Gasteiger partial charge in [0.1, 0.15) is 18.1 Å². The highest BCUT2D eigenvalue weighted by atomic mass is 16.5. The van der Waals surface area contributed by atoms with Gasteiger partial charge in [0, 0.05) is 18.8 Å². The lowest BCUT2D eigenvalue weighted by Crippen LogP contribution is -2.51. The SMILES string of the molecule is COc1ccc(NC(=O)CN2CCC3(C/C=C/C(=O)NCCOc4ccccc4C(=O)NCCNC3=O)CC2)cc1. The number of fused-ring (bicyclic) bond motifs is 1. The maximum Gasteiger partial charge on any atom is 0.255 e. The number of para-hydroxylation sites is 1. The summed E-state index contributed by atoms with van der Waals surface area (Å²) in [6.45, 7) is 2.28. The summed E-state index contributed by atoms with van der Waals surface area (Å²) < 4.78 is 10.9. The predicted octanol–water partition coefficient (Wildman–Crippen LogP) is 1.72. The molecular weight excluding hydrogens is 526 g/mol. The van der Waals surface area contributed by atoms with Gasteiger partial charge in [0.05, 0.1) is 31.2 Å². The number of likely N-dealkylation sites (tertiary alicyclic amines) is 1. The van der Waals surface area contributed by atoms with Gasteiger partial charge in [-0.05, 0) is 74.8 Å². The van der Waals surface area contributed by atoms with Crippen molar-refractivity contribution in [2.45, 2.75) is 19.3 Å². The van der Waals surface area contributed by atoms with Crippen molar-refractivity contribution in [3.8, 4) is 11.5 Å². The zero-order valence-corrected chi connectivity index (χ0v) is 23.2. The van der Waals surface area contributed by atoms with E-state index in [0.717, 1.165) is 0 Å². The van der Waals surface area contributed by atoms with Crippen LogP contribution in [0.3, 0.4) is 0 Å². The van der Waals surface area contributed by atoms with Crippen molar-refractivity contribution >= 4 is 29.3 Å². The van der Waals surface area contributed by atoms with Crippen LogP contribution < -0.4 is 30.7 Å². The maximum atomic E-state index is 13.4. The average Bonchev–Trinajstić information content (AvgIpc) is 2.98. The molecule has 0 aromatic heterocycles. The van der Waals surface area contributed by atoms with Crippen LogP contribution >= 0.6 is 0 Å². The fourth-order valence-corrected chi connectivity index (χ4v) is 4.94. The quantitative estimate of drug-likeness (QED) is 0.444. The summed E-state index contributed by atoms with van der Waals surface area (Å²) in [5.74, 6) is 0.273. The minimum atomic E-state index is -0.729. The minimum Gasteiger partial charge on any atom is -0.497 e. The molecule has 1 saturated heterocycles. The third-order valence-corrected chi connectivity index (χ3v) is 7.30. The number of hydrogen-bond acceptors (Lipinski definition) is 7. The highest BCUT2D eigenvalue weighted by molar-refractivity contribution is 5.97. The van der Waals surface area contributed by atoms with Gasteiger partial charge in [-0.1, -0.05) is 18.2 Å². The molecule has 1 spiro atoms. The number of benzene rings is 2. The topological polar surface area (TPSA) is 138 Å². The first kappa shape index (κ1) is 29.6. The van der Waals surface area contributed by atoms with E-state index in [-0.39, 0.29) is 56.4 Å². The number of hydrogen-bond donors (Lipinski definition) is 4. The lowest BCUT2D eigenvalue weighted by molar-refractivity contribution is -0.134. The van der Waals surface area contributed by atoms with Crippen LogP contribution in [0.2, 0.25) is 0 Å². The second kappa shape index (κ2) is 14.3. The second-order valence-electron chi connectivity index (χ2n) is 10.1. The molecule has 0 unspecified atom stereocenters. The summed E-state index contributed by atoms with van der Waals surface area (Å²) in [5.41, 5.74) is 0.338. The summed E-state index contributed by atoms with van der Waals surface area (Å²) in [5, 5.41) is 11.5. The van der Waals surface area contributed by atoms with E-state index in [0.29, 0.717) is 55.1 Å². The Labute approximate surface area is 239 Å². The number of piperidine rings is 1. The highest BCUT2D eigenvalue weighted by Crippen LogP contribution is 2.36. The molecule has 2 heterocycles. The Kier molecular flexibility index (Phi) is 10.3. The molecule has 0 bridgehead atoms. The van der Waals surface area contributed by atoms with Crippen LogP contribution in [0, 0.1) is 5.41 Å². The van der Waals surface area contributed by atoms with Gasteiger partial charge in [-0.25, -0.2) is 0 Å². The van der Waals surface area contributed by atoms with E-state index in [9.17, 15) is 19.2 Å². The molecule has 0 aliphatic carbocycles. The Hall–Kier alpha value is -4.38. The lowest BCUT2D eigenvalue weighted by atomic mass is 9.74. The van der Waals surface area contributed by atoms with E-state index in [1.807, 2.05) is 4.90 Å². The molecule has 218 valence electrons. The minimum absolute atomic E-state index is 0.132. The molecule has 2 aromatic rings. The van der Waals surface area contributed by atoms with Crippen molar-refractivity contribution in [1.82, 2.24) is 20.9 Å². The van der Waals surface area contributed by atoms with Crippen molar-refractivity contribution in [3.63, 3.8) is 0 Å². The van der Waals surface area contributed by atoms with Crippen LogP contribution in [0.25, 0.3) is 0 Å². The Bertz CT molecular complexity index is 1250. The Morgan fingerprint density at radius 2 is 1.71 bits per heavy atom. The number of allylic oxidation sites excluding steroid dienone is 1. The average molecular weight is 564 g/mol. The fraction of sp³-hybridized carbons (Fsp3) is 0.400. The largest absolute Gasteiger partial charge is 0.497 e. The van der Waals surface area contributed by atoms with Gasteiger partial charge in [0.25, 0.3) is 5.91 Å². The van der Waals surface area contributed by atoms with Crippen LogP contribution in [0.5, 0.6) is 11.5 Å². The Morgan fingerprint density at radius 1 is 0.976 bits per heavy atom. The van der Waals surface area contributed by atoms with Crippen molar-refractivity contribution in [2.75, 3.05) is 58.3 Å². The maximum absolute atomic E-state index is 13.4. The zero-order chi connectivity index (χ0) is 29.1. The number of anilines is 1. The predicted molar refractivity (Wildman–Crippen MR) is 154 cm³/mol. The molecule has 41 heavy (non-hydrogen) atoms. The molecule has 0 atom stereocenters. The summed E-state index contributed by atoms with van der Waals surface area (Å²) in [6.07, 6.45) is 4.60. The van der Waals surface area contributed by atoms with Crippen molar-refractivity contribution in [3.05, 3.63) is 66.2 Å². The molecule has 2 aliphatic heterocycles. The standard InChI is InChI=1S/C30H37N5O6/c1-40-23-10-8-22(9-11-23)34-27(37)21-35-18-13-30(14-19-35)12-4-7-26(36)31-17-20-41-25-6-3-2-5-24(25)28(38)32-15-16-33-29(30)39/h2-11H,12-21H2,1H3,(H,31,36)(H,32,38)(H,33,39)(H,34,37)/b7-4+. The Balaban J connectivity index is 1.37. The molecular formula is C30H37N5O6. The van der Waals surface area contributed by atoms with Gasteiger partial charge >= 0.3 is 0 Å². The molecule has 11 nitrogen and oxygen atoms in total. The zero-order valence-electron chi connectivity index (χ0n) is 23.2. The van der Waals surface area contributed by atoms with Gasteiger partial charge in [0.15, 0.2) is 0 Å². The third kappa shape index (κ3) is 8.31. The van der Waals surface area contributed by atoms with E-state index < -0.39 is 5.41 Å². The first-order valence-electron chi connectivity index (χ1n) is 13.8. The molecule has 2 aliphatic rings. The van der Waals surface area contributed by atoms with Gasteiger partial charge in [0.2, 0.25) is 17.7 Å². The normalized spacial score (nSPS) is 19.4. The van der Waals surface area contributed by atoms with Gasteiger partial charge in [-0.3, -0.25) is 24.1 Å². The summed E-state index contributed by atoms with van der Waals surface area (Å²) in [7, 11) is 1.59. The molecule has 4 N–H and O–H groups in total. The smallest absolute Gasteiger partial charge is 0.255 e. The van der Waals surface area contributed by atoms with E-state index in [2.05, 4.69) is 21.3 Å².